The predicted molar refractivity (Wildman–Crippen MR) is 95.2 cm³/mol. The van der Waals surface area contributed by atoms with Crippen molar-refractivity contribution in [1.82, 2.24) is 15.2 Å². The molecule has 8 heteroatoms. The summed E-state index contributed by atoms with van der Waals surface area (Å²) >= 11 is 1.19. The predicted octanol–water partition coefficient (Wildman–Crippen LogP) is 4.04. The Morgan fingerprint density at radius 2 is 2.23 bits per heavy atom. The van der Waals surface area contributed by atoms with Crippen molar-refractivity contribution in [2.45, 2.75) is 32.0 Å². The molecule has 0 bridgehead atoms. The normalized spacial score (nSPS) is 17.5. The second-order valence-electron chi connectivity index (χ2n) is 6.26. The standard InChI is InChI=1S/C18H20F3N3OS/c1-2-8-24(14-6-7-22-10-14)17(25)15-11-26-16(23-15)12-4-3-5-13(9-12)18(19,20)21/h3-5,9,11,14,22H,2,6-8,10H2,1H3. The molecule has 0 saturated carbocycles. The van der Waals surface area contributed by atoms with Gasteiger partial charge in [-0.25, -0.2) is 4.98 Å². The highest BCUT2D eigenvalue weighted by molar-refractivity contribution is 7.13. The van der Waals surface area contributed by atoms with Gasteiger partial charge in [-0.3, -0.25) is 4.79 Å². The van der Waals surface area contributed by atoms with E-state index >= 15 is 0 Å². The largest absolute Gasteiger partial charge is 0.416 e. The Balaban J connectivity index is 1.83. The summed E-state index contributed by atoms with van der Waals surface area (Å²) in [6.07, 6.45) is -2.66. The Morgan fingerprint density at radius 1 is 1.42 bits per heavy atom. The zero-order chi connectivity index (χ0) is 18.7. The first kappa shape index (κ1) is 18.8. The maximum absolute atomic E-state index is 12.9. The second-order valence-corrected chi connectivity index (χ2v) is 7.12. The van der Waals surface area contributed by atoms with E-state index in [1.54, 1.807) is 11.4 Å². The molecule has 2 aromatic rings. The number of rotatable bonds is 5. The third-order valence-corrected chi connectivity index (χ3v) is 5.25. The number of alkyl halides is 3. The molecule has 0 spiro atoms. The van der Waals surface area contributed by atoms with Gasteiger partial charge in [0.05, 0.1) is 5.56 Å². The number of hydrogen-bond acceptors (Lipinski definition) is 4. The average Bonchev–Trinajstić information content (AvgIpc) is 3.30. The van der Waals surface area contributed by atoms with E-state index in [0.717, 1.165) is 38.1 Å². The van der Waals surface area contributed by atoms with Crippen molar-refractivity contribution < 1.29 is 18.0 Å². The minimum Gasteiger partial charge on any atom is -0.333 e. The molecule has 2 heterocycles. The van der Waals surface area contributed by atoms with E-state index in [1.165, 1.54) is 17.4 Å². The fourth-order valence-corrected chi connectivity index (χ4v) is 3.87. The SMILES string of the molecule is CCCN(C(=O)c1csc(-c2cccc(C(F)(F)F)c2)n1)C1CCNC1. The van der Waals surface area contributed by atoms with Gasteiger partial charge in [-0.2, -0.15) is 13.2 Å². The highest BCUT2D eigenvalue weighted by atomic mass is 32.1. The fourth-order valence-electron chi connectivity index (χ4n) is 3.08. The summed E-state index contributed by atoms with van der Waals surface area (Å²) < 4.78 is 38.7. The van der Waals surface area contributed by atoms with Crippen LogP contribution >= 0.6 is 11.3 Å². The quantitative estimate of drug-likeness (QED) is 0.848. The molecule has 4 nitrogen and oxygen atoms in total. The number of benzene rings is 1. The maximum Gasteiger partial charge on any atom is 0.416 e. The molecule has 1 fully saturated rings. The first-order chi connectivity index (χ1) is 12.4. The molecule has 3 rings (SSSR count). The summed E-state index contributed by atoms with van der Waals surface area (Å²) in [5, 5.41) is 5.30. The summed E-state index contributed by atoms with van der Waals surface area (Å²) in [6, 6.07) is 5.17. The minimum absolute atomic E-state index is 0.140. The molecule has 1 saturated heterocycles. The van der Waals surface area contributed by atoms with Crippen LogP contribution in [0.5, 0.6) is 0 Å². The lowest BCUT2D eigenvalue weighted by molar-refractivity contribution is -0.137. The van der Waals surface area contributed by atoms with Gasteiger partial charge in [0.15, 0.2) is 0 Å². The van der Waals surface area contributed by atoms with Crippen molar-refractivity contribution in [3.63, 3.8) is 0 Å². The summed E-state index contributed by atoms with van der Waals surface area (Å²) in [7, 11) is 0. The van der Waals surface area contributed by atoms with E-state index in [9.17, 15) is 18.0 Å². The van der Waals surface area contributed by atoms with Gasteiger partial charge >= 0.3 is 6.18 Å². The van der Waals surface area contributed by atoms with Crippen LogP contribution in [0, 0.1) is 0 Å². The van der Waals surface area contributed by atoms with Crippen LogP contribution in [0.3, 0.4) is 0 Å². The van der Waals surface area contributed by atoms with Crippen LogP contribution in [-0.2, 0) is 6.18 Å². The molecule has 1 atom stereocenters. The van der Waals surface area contributed by atoms with Gasteiger partial charge in [-0.1, -0.05) is 19.1 Å². The number of carbonyl (C=O) groups excluding carboxylic acids is 1. The van der Waals surface area contributed by atoms with Crippen LogP contribution in [0.15, 0.2) is 29.6 Å². The molecule has 140 valence electrons. The zero-order valence-electron chi connectivity index (χ0n) is 14.3. The number of nitrogens with zero attached hydrogens (tertiary/aromatic N) is 2. The molecule has 1 aliphatic heterocycles. The summed E-state index contributed by atoms with van der Waals surface area (Å²) in [4.78, 5) is 19.0. The van der Waals surface area contributed by atoms with Gasteiger partial charge in [0.25, 0.3) is 5.91 Å². The molecule has 0 radical (unpaired) electrons. The van der Waals surface area contributed by atoms with Crippen molar-refractivity contribution in [3.8, 4) is 10.6 Å². The number of hydrogen-bond donors (Lipinski definition) is 1. The Kier molecular flexibility index (Phi) is 5.62. The number of halogens is 3. The Labute approximate surface area is 154 Å². The number of aromatic nitrogens is 1. The van der Waals surface area contributed by atoms with Gasteiger partial charge in [-0.05, 0) is 31.5 Å². The van der Waals surface area contributed by atoms with Crippen LogP contribution in [0.1, 0.15) is 35.8 Å². The Morgan fingerprint density at radius 3 is 2.88 bits per heavy atom. The third-order valence-electron chi connectivity index (χ3n) is 4.36. The molecule has 1 aromatic heterocycles. The van der Waals surface area contributed by atoms with Gasteiger partial charge in [0.1, 0.15) is 10.7 Å². The lowest BCUT2D eigenvalue weighted by Crippen LogP contribution is -2.42. The summed E-state index contributed by atoms with van der Waals surface area (Å²) in [5.41, 5.74) is -0.0565. The van der Waals surface area contributed by atoms with Gasteiger partial charge in [-0.15, -0.1) is 11.3 Å². The van der Waals surface area contributed by atoms with Crippen molar-refractivity contribution in [1.29, 1.82) is 0 Å². The smallest absolute Gasteiger partial charge is 0.333 e. The van der Waals surface area contributed by atoms with Crippen molar-refractivity contribution in [2.75, 3.05) is 19.6 Å². The van der Waals surface area contributed by atoms with E-state index in [-0.39, 0.29) is 11.9 Å². The monoisotopic (exact) mass is 383 g/mol. The van der Waals surface area contributed by atoms with Crippen molar-refractivity contribution in [3.05, 3.63) is 40.9 Å². The van der Waals surface area contributed by atoms with E-state index in [4.69, 9.17) is 0 Å². The highest BCUT2D eigenvalue weighted by Gasteiger charge is 2.31. The van der Waals surface area contributed by atoms with Crippen molar-refractivity contribution in [2.24, 2.45) is 0 Å². The lowest BCUT2D eigenvalue weighted by Gasteiger charge is -2.27. The number of carbonyl (C=O) groups is 1. The molecule has 0 aliphatic carbocycles. The first-order valence-corrected chi connectivity index (χ1v) is 9.43. The minimum atomic E-state index is -4.40. The third kappa shape index (κ3) is 4.07. The molecule has 1 amide bonds. The zero-order valence-corrected chi connectivity index (χ0v) is 15.2. The number of nitrogens with one attached hydrogen (secondary N) is 1. The van der Waals surface area contributed by atoms with Gasteiger partial charge in [0.2, 0.25) is 0 Å². The number of thiazole rings is 1. The van der Waals surface area contributed by atoms with Crippen LogP contribution in [0.25, 0.3) is 10.6 Å². The van der Waals surface area contributed by atoms with Crippen LogP contribution < -0.4 is 5.32 Å². The number of amides is 1. The fraction of sp³-hybridized carbons (Fsp3) is 0.444. The van der Waals surface area contributed by atoms with E-state index in [1.807, 2.05) is 11.8 Å². The second kappa shape index (κ2) is 7.75. The average molecular weight is 383 g/mol. The van der Waals surface area contributed by atoms with Crippen LogP contribution in [0.4, 0.5) is 13.2 Å². The van der Waals surface area contributed by atoms with Crippen LogP contribution in [0.2, 0.25) is 0 Å². The summed E-state index contributed by atoms with van der Waals surface area (Å²) in [6.45, 7) is 4.29. The van der Waals surface area contributed by atoms with E-state index in [0.29, 0.717) is 22.8 Å². The molecular weight excluding hydrogens is 363 g/mol. The topological polar surface area (TPSA) is 45.2 Å². The highest BCUT2D eigenvalue weighted by Crippen LogP contribution is 2.33. The molecule has 26 heavy (non-hydrogen) atoms. The maximum atomic E-state index is 12.9. The Hall–Kier alpha value is -1.93. The first-order valence-electron chi connectivity index (χ1n) is 8.55. The van der Waals surface area contributed by atoms with Crippen LogP contribution in [-0.4, -0.2) is 41.5 Å². The van der Waals surface area contributed by atoms with Crippen molar-refractivity contribution >= 4 is 17.2 Å². The van der Waals surface area contributed by atoms with E-state index in [2.05, 4.69) is 10.3 Å². The lowest BCUT2D eigenvalue weighted by atomic mass is 10.1. The molecule has 1 N–H and O–H groups in total. The summed E-state index contributed by atoms with van der Waals surface area (Å²) in [5.74, 6) is -0.157. The molecule has 1 aromatic carbocycles. The Bertz CT molecular complexity index is 769. The van der Waals surface area contributed by atoms with E-state index < -0.39 is 11.7 Å². The molecule has 1 aliphatic rings. The van der Waals surface area contributed by atoms with Gasteiger partial charge in [0, 0.05) is 30.1 Å². The molecular formula is C18H20F3N3OS. The van der Waals surface area contributed by atoms with Gasteiger partial charge < -0.3 is 10.2 Å². The molecule has 1 unspecified atom stereocenters.